The Hall–Kier alpha value is -3.06. The highest BCUT2D eigenvalue weighted by Crippen LogP contribution is 2.48. The lowest BCUT2D eigenvalue weighted by Crippen LogP contribution is -2.35. The first-order valence-corrected chi connectivity index (χ1v) is 15.5. The van der Waals surface area contributed by atoms with Crippen LogP contribution in [-0.2, 0) is 0 Å². The molecule has 0 radical (unpaired) electrons. The van der Waals surface area contributed by atoms with Gasteiger partial charge in [0.25, 0.3) is 0 Å². The molecule has 5 rings (SSSR count). The van der Waals surface area contributed by atoms with E-state index in [0.717, 1.165) is 49.2 Å². The van der Waals surface area contributed by atoms with Crippen LogP contribution in [0.1, 0.15) is 92.9 Å². The van der Waals surface area contributed by atoms with Crippen molar-refractivity contribution in [2.45, 2.75) is 83.7 Å². The Balaban J connectivity index is 1.29. The van der Waals surface area contributed by atoms with Crippen LogP contribution >= 0.6 is 0 Å². The first kappa shape index (κ1) is 28.5. The van der Waals surface area contributed by atoms with E-state index in [2.05, 4.69) is 98.5 Å². The molecule has 1 aliphatic heterocycles. The molecule has 2 aromatic rings. The third-order valence-corrected chi connectivity index (χ3v) is 9.57. The molecule has 2 aliphatic carbocycles. The second-order valence-electron chi connectivity index (χ2n) is 12.3. The molecule has 0 spiro atoms. The molecule has 0 amide bonds. The number of aryl methyl sites for hydroxylation is 1. The summed E-state index contributed by atoms with van der Waals surface area (Å²) >= 11 is 0. The molecule has 0 bridgehead atoms. The van der Waals surface area contributed by atoms with Gasteiger partial charge in [-0.25, -0.2) is 0 Å². The summed E-state index contributed by atoms with van der Waals surface area (Å²) in [4.78, 5) is 2.37. The maximum absolute atomic E-state index is 6.28. The minimum Gasteiger partial charge on any atom is -0.490 e. The summed E-state index contributed by atoms with van der Waals surface area (Å²) in [6.45, 7) is 13.0. The molecule has 2 aromatic carbocycles. The fraction of sp³-hybridized carbons (Fsp3) is 0.447. The summed E-state index contributed by atoms with van der Waals surface area (Å²) in [5.74, 6) is 0.952. The van der Waals surface area contributed by atoms with E-state index in [0.29, 0.717) is 11.5 Å². The molecule has 2 fully saturated rings. The summed E-state index contributed by atoms with van der Waals surface area (Å²) in [5.41, 5.74) is 12.3. The number of benzene rings is 2. The van der Waals surface area contributed by atoms with Crippen molar-refractivity contribution in [3.63, 3.8) is 0 Å². The summed E-state index contributed by atoms with van der Waals surface area (Å²) in [7, 11) is 2.18. The Bertz CT molecular complexity index is 1290. The number of hydrogen-bond acceptors (Lipinski definition) is 2. The van der Waals surface area contributed by atoms with E-state index in [-0.39, 0.29) is 0 Å². The Morgan fingerprint density at radius 3 is 2.40 bits per heavy atom. The number of ether oxygens (including phenoxy) is 1. The number of likely N-dealkylation sites (tertiary alicyclic amines) is 1. The van der Waals surface area contributed by atoms with Crippen molar-refractivity contribution < 1.29 is 4.74 Å². The highest BCUT2D eigenvalue weighted by atomic mass is 16.5. The first-order valence-electron chi connectivity index (χ1n) is 15.5. The van der Waals surface area contributed by atoms with Crippen LogP contribution in [-0.4, -0.2) is 31.1 Å². The fourth-order valence-electron chi connectivity index (χ4n) is 6.94. The van der Waals surface area contributed by atoms with Gasteiger partial charge in [0.1, 0.15) is 11.9 Å². The van der Waals surface area contributed by atoms with Crippen LogP contribution in [0.3, 0.4) is 0 Å². The van der Waals surface area contributed by atoms with Crippen molar-refractivity contribution in [3.8, 4) is 5.75 Å². The van der Waals surface area contributed by atoms with Gasteiger partial charge in [-0.3, -0.25) is 0 Å². The van der Waals surface area contributed by atoms with Crippen molar-refractivity contribution >= 4 is 11.1 Å². The van der Waals surface area contributed by atoms with Gasteiger partial charge in [0.05, 0.1) is 0 Å². The van der Waals surface area contributed by atoms with Gasteiger partial charge in [-0.15, -0.1) is 5.73 Å². The molecule has 2 nitrogen and oxygen atoms in total. The lowest BCUT2D eigenvalue weighted by atomic mass is 9.65. The van der Waals surface area contributed by atoms with Crippen LogP contribution in [0.15, 0.2) is 85.2 Å². The molecule has 40 heavy (non-hydrogen) atoms. The van der Waals surface area contributed by atoms with E-state index in [1.54, 1.807) is 5.57 Å². The van der Waals surface area contributed by atoms with Crippen molar-refractivity contribution in [1.82, 2.24) is 4.90 Å². The monoisotopic (exact) mass is 533 g/mol. The van der Waals surface area contributed by atoms with Gasteiger partial charge in [0.15, 0.2) is 0 Å². The smallest absolute Gasteiger partial charge is 0.119 e. The lowest BCUT2D eigenvalue weighted by Gasteiger charge is -2.40. The zero-order chi connectivity index (χ0) is 28.0. The number of allylic oxidation sites excluding steroid dienone is 5. The van der Waals surface area contributed by atoms with Gasteiger partial charge in [-0.2, -0.15) is 0 Å². The van der Waals surface area contributed by atoms with Crippen LogP contribution < -0.4 is 4.74 Å². The third kappa shape index (κ3) is 6.63. The van der Waals surface area contributed by atoms with Gasteiger partial charge >= 0.3 is 0 Å². The van der Waals surface area contributed by atoms with Crippen molar-refractivity contribution in [3.05, 3.63) is 107 Å². The second-order valence-corrected chi connectivity index (χ2v) is 12.3. The van der Waals surface area contributed by atoms with E-state index in [4.69, 9.17) is 4.74 Å². The van der Waals surface area contributed by atoms with Crippen molar-refractivity contribution in [1.29, 1.82) is 0 Å². The van der Waals surface area contributed by atoms with Gasteiger partial charge in [-0.05, 0) is 122 Å². The molecular formula is C38H47NO. The minimum absolute atomic E-state index is 0.311. The summed E-state index contributed by atoms with van der Waals surface area (Å²) in [5, 5.41) is 0. The average molecular weight is 534 g/mol. The predicted molar refractivity (Wildman–Crippen MR) is 171 cm³/mol. The first-order chi connectivity index (χ1) is 19.5. The highest BCUT2D eigenvalue weighted by molar-refractivity contribution is 5.82. The number of nitrogens with zero attached hydrogens (tertiary/aromatic N) is 1. The van der Waals surface area contributed by atoms with Crippen LogP contribution in [0.4, 0.5) is 0 Å². The minimum atomic E-state index is 0.311. The fourth-order valence-corrected chi connectivity index (χ4v) is 6.94. The molecule has 0 atom stereocenters. The number of piperidine rings is 1. The topological polar surface area (TPSA) is 12.5 Å². The van der Waals surface area contributed by atoms with Gasteiger partial charge in [0, 0.05) is 18.7 Å². The van der Waals surface area contributed by atoms with Crippen molar-refractivity contribution in [2.75, 3.05) is 20.1 Å². The summed E-state index contributed by atoms with van der Waals surface area (Å²) in [6.07, 6.45) is 21.0. The molecule has 2 heteroatoms. The van der Waals surface area contributed by atoms with Crippen molar-refractivity contribution in [2.24, 2.45) is 5.41 Å². The largest absolute Gasteiger partial charge is 0.490 e. The molecule has 1 heterocycles. The van der Waals surface area contributed by atoms with Gasteiger partial charge in [0.2, 0.25) is 0 Å². The molecule has 0 N–H and O–H groups in total. The highest BCUT2D eigenvalue weighted by Gasteiger charge is 2.34. The van der Waals surface area contributed by atoms with E-state index in [1.807, 2.05) is 0 Å². The lowest BCUT2D eigenvalue weighted by molar-refractivity contribution is 0.114. The molecule has 3 aliphatic rings. The molecule has 0 aromatic heterocycles. The zero-order valence-corrected chi connectivity index (χ0v) is 24.8. The molecule has 0 unspecified atom stereocenters. The van der Waals surface area contributed by atoms with E-state index >= 15 is 0 Å². The van der Waals surface area contributed by atoms with E-state index in [1.165, 1.54) is 73.6 Å². The van der Waals surface area contributed by atoms with Crippen LogP contribution in [0.2, 0.25) is 0 Å². The maximum atomic E-state index is 6.28. The zero-order valence-electron chi connectivity index (χ0n) is 24.8. The Morgan fingerprint density at radius 2 is 1.73 bits per heavy atom. The molecule has 1 saturated heterocycles. The Kier molecular flexibility index (Phi) is 9.30. The standard InChI is InChI=1S/C38H47NO/c1-5-31(20-25-38(23-10-7-11-24-38)34-12-8-6-9-13-34)33-15-14-29(2)37(28-33)30(3)32-16-18-35(19-17-32)40-36-21-26-39(4)27-22-36/h8,12-19,28,36H,1,3,6-7,9-11,20-27H2,2,4H3. The van der Waals surface area contributed by atoms with Gasteiger partial charge in [-0.1, -0.05) is 74.9 Å². The van der Waals surface area contributed by atoms with E-state index in [9.17, 15) is 0 Å². The quantitative estimate of drug-likeness (QED) is 0.297. The van der Waals surface area contributed by atoms with E-state index < -0.39 is 0 Å². The van der Waals surface area contributed by atoms with Crippen LogP contribution in [0.5, 0.6) is 5.75 Å². The predicted octanol–water partition coefficient (Wildman–Crippen LogP) is 9.70. The molecule has 210 valence electrons. The van der Waals surface area contributed by atoms with Crippen LogP contribution in [0.25, 0.3) is 11.1 Å². The number of hydrogen-bond donors (Lipinski definition) is 0. The average Bonchev–Trinajstić information content (AvgIpc) is 3.00. The van der Waals surface area contributed by atoms with Crippen LogP contribution in [0, 0.1) is 12.3 Å². The molecule has 1 saturated carbocycles. The second kappa shape index (κ2) is 13.1. The maximum Gasteiger partial charge on any atom is 0.119 e. The summed E-state index contributed by atoms with van der Waals surface area (Å²) in [6, 6.07) is 15.3. The van der Waals surface area contributed by atoms with Gasteiger partial charge < -0.3 is 9.64 Å². The SMILES string of the molecule is C=C=C(CCC1(C2=CCCC=C2)CCCCC1)c1ccc(C)c(C(=C)c2ccc(OC3CCN(C)CC3)cc2)c1. The molecular weight excluding hydrogens is 486 g/mol. The number of rotatable bonds is 9. The summed E-state index contributed by atoms with van der Waals surface area (Å²) < 4.78 is 6.28. The normalized spacial score (nSPS) is 19.5. The Labute approximate surface area is 242 Å². The Morgan fingerprint density at radius 1 is 1.00 bits per heavy atom. The third-order valence-electron chi connectivity index (χ3n) is 9.57.